The zero-order valence-corrected chi connectivity index (χ0v) is 19.3. The van der Waals surface area contributed by atoms with Crippen LogP contribution in [0.25, 0.3) is 0 Å². The van der Waals surface area contributed by atoms with Crippen LogP contribution in [0.2, 0.25) is 10.0 Å². The van der Waals surface area contributed by atoms with Gasteiger partial charge in [0, 0.05) is 34.4 Å². The van der Waals surface area contributed by atoms with Crippen molar-refractivity contribution in [2.75, 3.05) is 18.4 Å². The third kappa shape index (κ3) is 5.70. The number of rotatable bonds is 4. The summed E-state index contributed by atoms with van der Waals surface area (Å²) in [6, 6.07) is 10.7. The molecule has 1 saturated heterocycles. The van der Waals surface area contributed by atoms with E-state index in [-0.39, 0.29) is 15.6 Å². The number of piperidine rings is 1. The van der Waals surface area contributed by atoms with Crippen molar-refractivity contribution in [2.45, 2.75) is 24.7 Å². The summed E-state index contributed by atoms with van der Waals surface area (Å²) in [6.07, 6.45) is 1.73. The van der Waals surface area contributed by atoms with Crippen LogP contribution < -0.4 is 10.6 Å². The van der Waals surface area contributed by atoms with Crippen LogP contribution in [0.15, 0.2) is 47.4 Å². The van der Waals surface area contributed by atoms with E-state index in [4.69, 9.17) is 35.4 Å². The quantitative estimate of drug-likeness (QED) is 0.621. The van der Waals surface area contributed by atoms with Gasteiger partial charge in [0.1, 0.15) is 0 Å². The lowest BCUT2D eigenvalue weighted by atomic mass is 10.0. The zero-order valence-electron chi connectivity index (χ0n) is 16.2. The number of nitrogens with zero attached hydrogens (tertiary/aromatic N) is 1. The highest BCUT2D eigenvalue weighted by molar-refractivity contribution is 7.89. The van der Waals surface area contributed by atoms with Gasteiger partial charge in [0.05, 0.1) is 4.90 Å². The zero-order chi connectivity index (χ0) is 21.9. The molecule has 0 bridgehead atoms. The number of thiocarbonyl (C=S) groups is 1. The highest BCUT2D eigenvalue weighted by Gasteiger charge is 2.27. The number of hydrogen-bond donors (Lipinski definition) is 2. The van der Waals surface area contributed by atoms with Crippen molar-refractivity contribution in [3.05, 3.63) is 58.1 Å². The molecule has 6 nitrogen and oxygen atoms in total. The van der Waals surface area contributed by atoms with Crippen LogP contribution >= 0.6 is 35.4 Å². The smallest absolute Gasteiger partial charge is 0.257 e. The van der Waals surface area contributed by atoms with Gasteiger partial charge in [-0.3, -0.25) is 10.1 Å². The molecule has 0 aromatic heterocycles. The van der Waals surface area contributed by atoms with Gasteiger partial charge in [0.25, 0.3) is 5.91 Å². The van der Waals surface area contributed by atoms with E-state index in [0.717, 1.165) is 12.8 Å². The Hall–Kier alpha value is -1.71. The molecule has 0 saturated carbocycles. The molecule has 160 valence electrons. The average Bonchev–Trinajstić information content (AvgIpc) is 2.68. The highest BCUT2D eigenvalue weighted by atomic mass is 35.5. The van der Waals surface area contributed by atoms with E-state index in [0.29, 0.717) is 34.7 Å². The summed E-state index contributed by atoms with van der Waals surface area (Å²) in [7, 11) is -3.52. The van der Waals surface area contributed by atoms with Gasteiger partial charge in [-0.15, -0.1) is 0 Å². The molecule has 30 heavy (non-hydrogen) atoms. The number of halogens is 2. The highest BCUT2D eigenvalue weighted by Crippen LogP contribution is 2.24. The molecule has 10 heteroatoms. The summed E-state index contributed by atoms with van der Waals surface area (Å²) < 4.78 is 27.1. The molecule has 0 spiro atoms. The van der Waals surface area contributed by atoms with Gasteiger partial charge in [0.15, 0.2) is 5.11 Å². The van der Waals surface area contributed by atoms with Crippen molar-refractivity contribution >= 4 is 62.2 Å². The number of nitrogens with one attached hydrogen (secondary N) is 2. The molecule has 0 radical (unpaired) electrons. The normalized spacial score (nSPS) is 15.6. The first kappa shape index (κ1) is 23.0. The van der Waals surface area contributed by atoms with E-state index in [1.165, 1.54) is 34.6 Å². The molecule has 1 aliphatic rings. The van der Waals surface area contributed by atoms with Crippen LogP contribution in [0.3, 0.4) is 0 Å². The first-order chi connectivity index (χ1) is 14.1. The van der Waals surface area contributed by atoms with Crippen molar-refractivity contribution < 1.29 is 13.2 Å². The summed E-state index contributed by atoms with van der Waals surface area (Å²) in [6.45, 7) is 3.20. The molecular weight excluding hydrogens is 465 g/mol. The van der Waals surface area contributed by atoms with Crippen molar-refractivity contribution in [2.24, 2.45) is 5.92 Å². The first-order valence-corrected chi connectivity index (χ1v) is 11.9. The number of anilines is 1. The van der Waals surface area contributed by atoms with Crippen LogP contribution in [-0.4, -0.2) is 36.8 Å². The van der Waals surface area contributed by atoms with Gasteiger partial charge in [-0.1, -0.05) is 30.1 Å². The molecule has 1 fully saturated rings. The van der Waals surface area contributed by atoms with Crippen LogP contribution in [0.4, 0.5) is 5.69 Å². The largest absolute Gasteiger partial charge is 0.332 e. The number of amides is 1. The van der Waals surface area contributed by atoms with Gasteiger partial charge >= 0.3 is 0 Å². The molecule has 1 amide bonds. The third-order valence-electron chi connectivity index (χ3n) is 4.84. The summed E-state index contributed by atoms with van der Waals surface area (Å²) >= 11 is 17.0. The van der Waals surface area contributed by atoms with Crippen LogP contribution in [0, 0.1) is 5.92 Å². The topological polar surface area (TPSA) is 78.5 Å². The second-order valence-electron chi connectivity index (χ2n) is 7.18. The minimum Gasteiger partial charge on any atom is -0.332 e. The van der Waals surface area contributed by atoms with Crippen LogP contribution in [-0.2, 0) is 10.0 Å². The predicted molar refractivity (Wildman–Crippen MR) is 124 cm³/mol. The fourth-order valence-corrected chi connectivity index (χ4v) is 5.31. The monoisotopic (exact) mass is 485 g/mol. The van der Waals surface area contributed by atoms with E-state index in [2.05, 4.69) is 17.6 Å². The molecular formula is C20H21Cl2N3O3S2. The van der Waals surface area contributed by atoms with E-state index in [1.54, 1.807) is 12.1 Å². The van der Waals surface area contributed by atoms with Crippen molar-refractivity contribution in [3.8, 4) is 0 Å². The maximum absolute atomic E-state index is 12.8. The first-order valence-electron chi connectivity index (χ1n) is 9.34. The Labute approximate surface area is 191 Å². The SMILES string of the molecule is CC1CCN(S(=O)(=O)c2ccc(NC(=S)NC(=O)c3cc(Cl)cc(Cl)c3)cc2)CC1. The standard InChI is InChI=1S/C20H21Cl2N3O3S2/c1-13-6-8-25(9-7-13)30(27,28)18-4-2-17(3-5-18)23-20(29)24-19(26)14-10-15(21)12-16(22)11-14/h2-5,10-13H,6-9H2,1H3,(H2,23,24,26,29). The molecule has 1 heterocycles. The minimum absolute atomic E-state index is 0.0664. The Morgan fingerprint density at radius 2 is 1.63 bits per heavy atom. The Morgan fingerprint density at radius 3 is 2.20 bits per heavy atom. The Kier molecular flexibility index (Phi) is 7.36. The Balaban J connectivity index is 1.62. The lowest BCUT2D eigenvalue weighted by Gasteiger charge is -2.29. The van der Waals surface area contributed by atoms with E-state index in [9.17, 15) is 13.2 Å². The van der Waals surface area contributed by atoms with Crippen LogP contribution in [0.1, 0.15) is 30.1 Å². The molecule has 1 aliphatic heterocycles. The van der Waals surface area contributed by atoms with Gasteiger partial charge in [-0.05, 0) is 73.4 Å². The number of hydrogen-bond acceptors (Lipinski definition) is 4. The van der Waals surface area contributed by atoms with Crippen molar-refractivity contribution in [1.82, 2.24) is 9.62 Å². The molecule has 2 aromatic rings. The van der Waals surface area contributed by atoms with Gasteiger partial charge < -0.3 is 5.32 Å². The van der Waals surface area contributed by atoms with Crippen LogP contribution in [0.5, 0.6) is 0 Å². The van der Waals surface area contributed by atoms with E-state index >= 15 is 0 Å². The number of carbonyl (C=O) groups excluding carboxylic acids is 1. The maximum Gasteiger partial charge on any atom is 0.257 e. The second kappa shape index (κ2) is 9.62. The van der Waals surface area contributed by atoms with Gasteiger partial charge in [-0.25, -0.2) is 8.42 Å². The summed E-state index contributed by atoms with van der Waals surface area (Å²) in [4.78, 5) is 12.5. The molecule has 3 rings (SSSR count). The molecule has 2 aromatic carbocycles. The molecule has 2 N–H and O–H groups in total. The summed E-state index contributed by atoms with van der Waals surface area (Å²) in [5.74, 6) is 0.0811. The molecule has 0 aliphatic carbocycles. The van der Waals surface area contributed by atoms with Gasteiger partial charge in [0.2, 0.25) is 10.0 Å². The van der Waals surface area contributed by atoms with E-state index in [1.807, 2.05) is 0 Å². The van der Waals surface area contributed by atoms with Crippen molar-refractivity contribution in [1.29, 1.82) is 0 Å². The fourth-order valence-electron chi connectivity index (χ4n) is 3.11. The summed E-state index contributed by atoms with van der Waals surface area (Å²) in [5, 5.41) is 6.14. The van der Waals surface area contributed by atoms with Gasteiger partial charge in [-0.2, -0.15) is 4.31 Å². The summed E-state index contributed by atoms with van der Waals surface area (Å²) in [5.41, 5.74) is 0.824. The second-order valence-corrected chi connectivity index (χ2v) is 10.4. The lowest BCUT2D eigenvalue weighted by Crippen LogP contribution is -2.37. The predicted octanol–water partition coefficient (Wildman–Crippen LogP) is 4.54. The Bertz CT molecular complexity index is 1030. The average molecular weight is 486 g/mol. The number of sulfonamides is 1. The molecule has 0 unspecified atom stereocenters. The van der Waals surface area contributed by atoms with E-state index < -0.39 is 15.9 Å². The third-order valence-corrected chi connectivity index (χ3v) is 7.40. The maximum atomic E-state index is 12.8. The molecule has 0 atom stereocenters. The minimum atomic E-state index is -3.52. The number of carbonyl (C=O) groups is 1. The Morgan fingerprint density at radius 1 is 1.07 bits per heavy atom. The lowest BCUT2D eigenvalue weighted by molar-refractivity contribution is 0.0977. The number of benzene rings is 2. The van der Waals surface area contributed by atoms with Crippen molar-refractivity contribution in [3.63, 3.8) is 0 Å². The fraction of sp³-hybridized carbons (Fsp3) is 0.300.